The molecule has 0 atom stereocenters. The highest BCUT2D eigenvalue weighted by molar-refractivity contribution is 5.69. The lowest BCUT2D eigenvalue weighted by atomic mass is 10.2. The number of carboxylic acids is 1. The van der Waals surface area contributed by atoms with Crippen LogP contribution in [-0.2, 0) is 27.5 Å². The van der Waals surface area contributed by atoms with Gasteiger partial charge in [-0.25, -0.2) is 0 Å². The summed E-state index contributed by atoms with van der Waals surface area (Å²) >= 11 is 0. The van der Waals surface area contributed by atoms with E-state index in [0.717, 1.165) is 5.56 Å². The predicted octanol–water partition coefficient (Wildman–Crippen LogP) is 1.53. The van der Waals surface area contributed by atoms with Gasteiger partial charge in [-0.2, -0.15) is 9.59 Å². The summed E-state index contributed by atoms with van der Waals surface area (Å²) in [6, 6.07) is 14.1. The van der Waals surface area contributed by atoms with Crippen LogP contribution in [0.5, 0.6) is 11.5 Å². The molecule has 2 aromatic carbocycles. The maximum Gasteiger partial charge on any atom is 0.373 e. The minimum atomic E-state index is -0.904. The van der Waals surface area contributed by atoms with Gasteiger partial charge in [-0.1, -0.05) is 36.4 Å². The average molecular weight is 388 g/mol. The van der Waals surface area contributed by atoms with E-state index in [1.54, 1.807) is 35.2 Å². The van der Waals surface area contributed by atoms with Crippen LogP contribution in [0.1, 0.15) is 11.1 Å². The van der Waals surface area contributed by atoms with E-state index >= 15 is 0 Å². The molecule has 2 aromatic rings. The van der Waals surface area contributed by atoms with Gasteiger partial charge in [0.05, 0.1) is 6.54 Å². The lowest BCUT2D eigenvalue weighted by Gasteiger charge is -2.24. The van der Waals surface area contributed by atoms with Crippen molar-refractivity contribution in [2.24, 2.45) is 0 Å². The third kappa shape index (κ3) is 8.46. The first kappa shape index (κ1) is 22.9. The first-order chi connectivity index (χ1) is 13.4. The Bertz CT molecular complexity index is 790. The minimum absolute atomic E-state index is 0.0985. The number of hydrogen-bond donors (Lipinski definition) is 3. The molecule has 0 unspecified atom stereocenters. The third-order valence-corrected chi connectivity index (χ3v) is 3.97. The Morgan fingerprint density at radius 1 is 0.893 bits per heavy atom. The highest BCUT2D eigenvalue weighted by Crippen LogP contribution is 2.19. The zero-order chi connectivity index (χ0) is 20.9. The molecular weight excluding hydrogens is 364 g/mol. The SMILES string of the molecule is CN(CCN(CC(=O)O)Cc1ccccc1O)Cc1ccccc1O.O=C=O. The molecule has 0 aliphatic carbocycles. The van der Waals surface area contributed by atoms with Gasteiger partial charge in [0.15, 0.2) is 0 Å². The summed E-state index contributed by atoms with van der Waals surface area (Å²) in [4.78, 5) is 31.2. The van der Waals surface area contributed by atoms with Gasteiger partial charge in [-0.3, -0.25) is 9.69 Å². The summed E-state index contributed by atoms with van der Waals surface area (Å²) in [5, 5.41) is 28.8. The first-order valence-electron chi connectivity index (χ1n) is 8.53. The van der Waals surface area contributed by atoms with Crippen molar-refractivity contribution in [3.05, 3.63) is 59.7 Å². The third-order valence-electron chi connectivity index (χ3n) is 3.97. The number of phenols is 2. The Kier molecular flexibility index (Phi) is 9.99. The van der Waals surface area contributed by atoms with E-state index in [1.165, 1.54) is 0 Å². The second-order valence-corrected chi connectivity index (χ2v) is 6.18. The molecule has 0 amide bonds. The van der Waals surface area contributed by atoms with E-state index in [9.17, 15) is 15.0 Å². The monoisotopic (exact) mass is 388 g/mol. The standard InChI is InChI=1S/C19H24N2O4.CO2/c1-20(12-15-6-2-4-8-17(15)22)10-11-21(14-19(24)25)13-16-7-3-5-9-18(16)23;2-1-3/h2-9,22-23H,10-14H2,1H3,(H,24,25);. The number of carbonyl (C=O) groups is 1. The molecule has 0 aliphatic rings. The van der Waals surface area contributed by atoms with Crippen molar-refractivity contribution in [2.45, 2.75) is 13.1 Å². The molecule has 150 valence electrons. The second-order valence-electron chi connectivity index (χ2n) is 6.18. The van der Waals surface area contributed by atoms with Crippen LogP contribution in [-0.4, -0.2) is 63.9 Å². The number of benzene rings is 2. The van der Waals surface area contributed by atoms with E-state index < -0.39 is 5.97 Å². The lowest BCUT2D eigenvalue weighted by molar-refractivity contribution is -0.191. The fraction of sp³-hybridized carbons (Fsp3) is 0.300. The fourth-order valence-corrected chi connectivity index (χ4v) is 2.62. The average Bonchev–Trinajstić information content (AvgIpc) is 2.64. The van der Waals surface area contributed by atoms with E-state index in [-0.39, 0.29) is 24.2 Å². The fourth-order valence-electron chi connectivity index (χ4n) is 2.62. The van der Waals surface area contributed by atoms with Crippen molar-refractivity contribution in [2.75, 3.05) is 26.7 Å². The molecule has 2 rings (SSSR count). The Morgan fingerprint density at radius 3 is 1.82 bits per heavy atom. The van der Waals surface area contributed by atoms with Gasteiger partial charge in [-0.05, 0) is 19.2 Å². The maximum absolute atomic E-state index is 11.1. The van der Waals surface area contributed by atoms with Crippen LogP contribution in [0.15, 0.2) is 48.5 Å². The summed E-state index contributed by atoms with van der Waals surface area (Å²) in [5.74, 6) is -0.481. The van der Waals surface area contributed by atoms with Crippen molar-refractivity contribution < 1.29 is 29.7 Å². The van der Waals surface area contributed by atoms with Crippen LogP contribution >= 0.6 is 0 Å². The van der Waals surface area contributed by atoms with Gasteiger partial charge in [0, 0.05) is 37.3 Å². The van der Waals surface area contributed by atoms with Gasteiger partial charge >= 0.3 is 12.1 Å². The number of aliphatic carboxylic acids is 1. The highest BCUT2D eigenvalue weighted by atomic mass is 16.4. The largest absolute Gasteiger partial charge is 0.508 e. The maximum atomic E-state index is 11.1. The predicted molar refractivity (Wildman–Crippen MR) is 100 cm³/mol. The van der Waals surface area contributed by atoms with Crippen LogP contribution < -0.4 is 0 Å². The number of likely N-dealkylation sites (N-methyl/N-ethyl adjacent to an activating group) is 1. The molecule has 28 heavy (non-hydrogen) atoms. The van der Waals surface area contributed by atoms with Crippen LogP contribution in [0.25, 0.3) is 0 Å². The zero-order valence-corrected chi connectivity index (χ0v) is 15.6. The van der Waals surface area contributed by atoms with Crippen molar-refractivity contribution in [3.8, 4) is 11.5 Å². The summed E-state index contributed by atoms with van der Waals surface area (Å²) in [5.41, 5.74) is 1.53. The minimum Gasteiger partial charge on any atom is -0.508 e. The van der Waals surface area contributed by atoms with Crippen molar-refractivity contribution >= 4 is 12.1 Å². The number of carbonyl (C=O) groups excluding carboxylic acids is 2. The Morgan fingerprint density at radius 2 is 1.36 bits per heavy atom. The van der Waals surface area contributed by atoms with Crippen LogP contribution in [0.4, 0.5) is 0 Å². The number of nitrogens with zero attached hydrogens (tertiary/aromatic N) is 2. The molecule has 0 aromatic heterocycles. The zero-order valence-electron chi connectivity index (χ0n) is 15.6. The van der Waals surface area contributed by atoms with Gasteiger partial charge in [0.1, 0.15) is 11.5 Å². The van der Waals surface area contributed by atoms with Crippen molar-refractivity contribution in [1.82, 2.24) is 9.80 Å². The van der Waals surface area contributed by atoms with E-state index in [0.29, 0.717) is 31.7 Å². The van der Waals surface area contributed by atoms with Gasteiger partial charge in [0.2, 0.25) is 0 Å². The Hall–Kier alpha value is -3.19. The molecule has 0 heterocycles. The van der Waals surface area contributed by atoms with Crippen molar-refractivity contribution in [1.29, 1.82) is 0 Å². The summed E-state index contributed by atoms with van der Waals surface area (Å²) < 4.78 is 0. The van der Waals surface area contributed by atoms with Crippen LogP contribution in [0.3, 0.4) is 0 Å². The molecule has 0 spiro atoms. The summed E-state index contributed by atoms with van der Waals surface area (Å²) in [7, 11) is 1.92. The number of hydrogen-bond acceptors (Lipinski definition) is 7. The molecule has 0 saturated heterocycles. The molecule has 0 radical (unpaired) electrons. The number of phenolic OH excluding ortho intramolecular Hbond substituents is 2. The smallest absolute Gasteiger partial charge is 0.373 e. The quantitative estimate of drug-likeness (QED) is 0.592. The second kappa shape index (κ2) is 12.2. The van der Waals surface area contributed by atoms with E-state index in [4.69, 9.17) is 14.7 Å². The molecule has 0 saturated carbocycles. The molecule has 3 N–H and O–H groups in total. The lowest BCUT2D eigenvalue weighted by Crippen LogP contribution is -2.36. The molecule has 8 heteroatoms. The number of para-hydroxylation sites is 2. The number of carboxylic acid groups (broad SMARTS) is 1. The first-order valence-corrected chi connectivity index (χ1v) is 8.53. The van der Waals surface area contributed by atoms with Crippen molar-refractivity contribution in [3.63, 3.8) is 0 Å². The van der Waals surface area contributed by atoms with Crippen LogP contribution in [0.2, 0.25) is 0 Å². The molecule has 0 bridgehead atoms. The molecular formula is C20H24N2O6. The number of aromatic hydroxyl groups is 2. The Labute approximate surface area is 163 Å². The van der Waals surface area contributed by atoms with Gasteiger partial charge in [-0.15, -0.1) is 0 Å². The Balaban J connectivity index is 0.00000122. The van der Waals surface area contributed by atoms with Gasteiger partial charge < -0.3 is 20.2 Å². The van der Waals surface area contributed by atoms with Crippen LogP contribution in [0, 0.1) is 0 Å². The van der Waals surface area contributed by atoms with E-state index in [1.807, 2.05) is 30.1 Å². The summed E-state index contributed by atoms with van der Waals surface area (Å²) in [6.07, 6.45) is 0.250. The number of rotatable bonds is 9. The normalized spacial score (nSPS) is 10.2. The van der Waals surface area contributed by atoms with Gasteiger partial charge in [0.25, 0.3) is 0 Å². The topological polar surface area (TPSA) is 118 Å². The summed E-state index contributed by atoms with van der Waals surface area (Å²) in [6.45, 7) is 2.01. The van der Waals surface area contributed by atoms with E-state index in [2.05, 4.69) is 0 Å². The molecule has 0 fully saturated rings. The highest BCUT2D eigenvalue weighted by Gasteiger charge is 2.14. The molecule has 8 nitrogen and oxygen atoms in total. The molecule has 0 aliphatic heterocycles.